The number of halogens is 4. The molecule has 1 aliphatic heterocycles. The Hall–Kier alpha value is 0.280. The number of methoxy groups -OCH3 is 1. The van der Waals surface area contributed by atoms with Crippen LogP contribution >= 0.6 is 56.7 Å². The second kappa shape index (κ2) is 10.6. The van der Waals surface area contributed by atoms with E-state index in [0.29, 0.717) is 22.2 Å². The molecule has 0 amide bonds. The first kappa shape index (κ1) is 23.3. The van der Waals surface area contributed by atoms with E-state index in [1.54, 1.807) is 7.11 Å². The molecule has 3 rings (SSSR count). The quantitative estimate of drug-likeness (QED) is 0.592. The average Bonchev–Trinajstić information content (AvgIpc) is 3.10. The van der Waals surface area contributed by atoms with Crippen LogP contribution in [0.2, 0.25) is 0 Å². The van der Waals surface area contributed by atoms with Gasteiger partial charge in [-0.15, -0.1) is 24.8 Å². The van der Waals surface area contributed by atoms with Gasteiger partial charge >= 0.3 is 0 Å². The maximum Gasteiger partial charge on any atom is 0.173 e. The molecule has 1 heterocycles. The highest BCUT2D eigenvalue weighted by Gasteiger charge is 2.34. The Labute approximate surface area is 179 Å². The van der Waals surface area contributed by atoms with Crippen LogP contribution in [0.3, 0.4) is 0 Å². The minimum absolute atomic E-state index is 0. The van der Waals surface area contributed by atoms with Gasteiger partial charge in [0.2, 0.25) is 0 Å². The number of hydrogen-bond donors (Lipinski definition) is 2. The number of ether oxygens (including phenoxy) is 1. The molecular weight excluding hydrogens is 495 g/mol. The standard InChI is InChI=1S/C17H24Br2N2O2.2ClH/c1-23-13-10-12(14(18)15(19)17(13)22)16(11-4-2-3-5-11)21-8-6-20-7-9-21;;/h10-11,16,20,22H,2-9H2,1H3;2*1H/t16-;;/m1../s1. The Balaban J connectivity index is 0.00000156. The summed E-state index contributed by atoms with van der Waals surface area (Å²) in [6, 6.07) is 2.38. The van der Waals surface area contributed by atoms with Crippen molar-refractivity contribution in [3.8, 4) is 11.5 Å². The molecule has 1 aromatic carbocycles. The SMILES string of the molecule is COc1cc([C@@H](C2CCCC2)N2CCNCC2)c(Br)c(Br)c1O.Cl.Cl. The van der Waals surface area contributed by atoms with Gasteiger partial charge in [-0.25, -0.2) is 0 Å². The second-order valence-corrected chi connectivity index (χ2v) is 8.01. The van der Waals surface area contributed by atoms with Gasteiger partial charge in [0.15, 0.2) is 11.5 Å². The highest BCUT2D eigenvalue weighted by molar-refractivity contribution is 9.13. The third kappa shape index (κ3) is 4.96. The Bertz CT molecular complexity index is 566. The van der Waals surface area contributed by atoms with E-state index in [1.165, 1.54) is 31.2 Å². The number of nitrogens with one attached hydrogen (secondary N) is 1. The number of phenolic OH excluding ortho intramolecular Hbond substituents is 1. The van der Waals surface area contributed by atoms with Gasteiger partial charge in [0, 0.05) is 36.7 Å². The maximum absolute atomic E-state index is 10.2. The summed E-state index contributed by atoms with van der Waals surface area (Å²) in [5, 5.41) is 13.7. The van der Waals surface area contributed by atoms with Crippen LogP contribution in [-0.4, -0.2) is 43.3 Å². The molecule has 0 radical (unpaired) electrons. The molecule has 1 aliphatic carbocycles. The molecule has 1 saturated carbocycles. The maximum atomic E-state index is 10.2. The van der Waals surface area contributed by atoms with Gasteiger partial charge in [0.1, 0.15) is 0 Å². The largest absolute Gasteiger partial charge is 0.503 e. The monoisotopic (exact) mass is 518 g/mol. The van der Waals surface area contributed by atoms with E-state index in [2.05, 4.69) is 42.1 Å². The minimum Gasteiger partial charge on any atom is -0.503 e. The normalized spacial score (nSPS) is 19.8. The van der Waals surface area contributed by atoms with Crippen LogP contribution in [0, 0.1) is 5.92 Å². The summed E-state index contributed by atoms with van der Waals surface area (Å²) in [7, 11) is 1.61. The average molecular weight is 521 g/mol. The van der Waals surface area contributed by atoms with Crippen molar-refractivity contribution in [2.45, 2.75) is 31.7 Å². The zero-order valence-electron chi connectivity index (χ0n) is 14.3. The van der Waals surface area contributed by atoms with Crippen LogP contribution in [0.15, 0.2) is 15.0 Å². The second-order valence-electron chi connectivity index (χ2n) is 6.42. The first-order valence-corrected chi connectivity index (χ1v) is 9.91. The zero-order valence-corrected chi connectivity index (χ0v) is 19.1. The Morgan fingerprint density at radius 1 is 1.16 bits per heavy atom. The van der Waals surface area contributed by atoms with E-state index in [4.69, 9.17) is 4.74 Å². The van der Waals surface area contributed by atoms with Crippen LogP contribution < -0.4 is 10.1 Å². The summed E-state index contributed by atoms with van der Waals surface area (Å²) in [5.41, 5.74) is 1.22. The number of piperazine rings is 1. The molecule has 0 aromatic heterocycles. The highest BCUT2D eigenvalue weighted by atomic mass is 79.9. The number of hydrogen-bond acceptors (Lipinski definition) is 4. The molecule has 1 aromatic rings. The number of phenols is 1. The van der Waals surface area contributed by atoms with Crippen LogP contribution in [0.1, 0.15) is 37.3 Å². The van der Waals surface area contributed by atoms with E-state index in [-0.39, 0.29) is 30.6 Å². The van der Waals surface area contributed by atoms with Crippen LogP contribution in [0.4, 0.5) is 0 Å². The lowest BCUT2D eigenvalue weighted by atomic mass is 9.89. The van der Waals surface area contributed by atoms with Crippen molar-refractivity contribution in [1.82, 2.24) is 10.2 Å². The van der Waals surface area contributed by atoms with Gasteiger partial charge in [-0.2, -0.15) is 0 Å². The molecule has 0 spiro atoms. The summed E-state index contributed by atoms with van der Waals surface area (Å²) in [5.74, 6) is 1.37. The van der Waals surface area contributed by atoms with Crippen molar-refractivity contribution < 1.29 is 9.84 Å². The van der Waals surface area contributed by atoms with Crippen LogP contribution in [0.25, 0.3) is 0 Å². The van der Waals surface area contributed by atoms with Gasteiger partial charge in [-0.1, -0.05) is 12.8 Å². The summed E-state index contributed by atoms with van der Waals surface area (Å²) in [6.07, 6.45) is 5.20. The molecule has 1 saturated heterocycles. The Morgan fingerprint density at radius 3 is 2.32 bits per heavy atom. The Kier molecular flexibility index (Phi) is 9.86. The third-order valence-electron chi connectivity index (χ3n) is 5.10. The number of aromatic hydroxyl groups is 1. The van der Waals surface area contributed by atoms with Crippen molar-refractivity contribution in [2.75, 3.05) is 33.3 Å². The molecule has 2 N–H and O–H groups in total. The van der Waals surface area contributed by atoms with E-state index in [1.807, 2.05) is 6.07 Å². The predicted molar refractivity (Wildman–Crippen MR) is 114 cm³/mol. The van der Waals surface area contributed by atoms with Gasteiger partial charge in [-0.3, -0.25) is 4.90 Å². The zero-order chi connectivity index (χ0) is 16.4. The van der Waals surface area contributed by atoms with Crippen molar-refractivity contribution >= 4 is 56.7 Å². The lowest BCUT2D eigenvalue weighted by Crippen LogP contribution is -2.46. The smallest absolute Gasteiger partial charge is 0.173 e. The molecule has 25 heavy (non-hydrogen) atoms. The first-order chi connectivity index (χ1) is 11.1. The van der Waals surface area contributed by atoms with E-state index in [0.717, 1.165) is 30.7 Å². The molecule has 0 bridgehead atoms. The van der Waals surface area contributed by atoms with Crippen LogP contribution in [-0.2, 0) is 0 Å². The Morgan fingerprint density at radius 2 is 1.76 bits per heavy atom. The van der Waals surface area contributed by atoms with Crippen molar-refractivity contribution in [1.29, 1.82) is 0 Å². The van der Waals surface area contributed by atoms with Gasteiger partial charge in [-0.05, 0) is 62.2 Å². The molecule has 4 nitrogen and oxygen atoms in total. The van der Waals surface area contributed by atoms with Gasteiger partial charge in [0.05, 0.1) is 11.6 Å². The molecule has 144 valence electrons. The topological polar surface area (TPSA) is 44.7 Å². The van der Waals surface area contributed by atoms with Gasteiger partial charge in [0.25, 0.3) is 0 Å². The molecular formula is C17H26Br2Cl2N2O2. The number of nitrogens with zero attached hydrogens (tertiary/aromatic N) is 1. The number of benzene rings is 1. The summed E-state index contributed by atoms with van der Waals surface area (Å²) in [4.78, 5) is 2.59. The minimum atomic E-state index is 0. The fraction of sp³-hybridized carbons (Fsp3) is 0.647. The lowest BCUT2D eigenvalue weighted by molar-refractivity contribution is 0.124. The fourth-order valence-electron chi connectivity index (χ4n) is 3.96. The van der Waals surface area contributed by atoms with E-state index >= 15 is 0 Å². The molecule has 8 heteroatoms. The fourth-order valence-corrected chi connectivity index (χ4v) is 4.93. The molecule has 0 unspecified atom stereocenters. The van der Waals surface area contributed by atoms with Gasteiger partial charge < -0.3 is 15.2 Å². The molecule has 1 atom stereocenters. The predicted octanol–water partition coefficient (Wildman–Crippen LogP) is 4.91. The molecule has 2 fully saturated rings. The van der Waals surface area contributed by atoms with E-state index in [9.17, 15) is 5.11 Å². The summed E-state index contributed by atoms with van der Waals surface area (Å²) in [6.45, 7) is 4.21. The summed E-state index contributed by atoms with van der Waals surface area (Å²) >= 11 is 7.22. The number of rotatable bonds is 4. The third-order valence-corrected chi connectivity index (χ3v) is 7.26. The van der Waals surface area contributed by atoms with Crippen molar-refractivity contribution in [3.63, 3.8) is 0 Å². The highest BCUT2D eigenvalue weighted by Crippen LogP contribution is 2.48. The molecule has 2 aliphatic rings. The van der Waals surface area contributed by atoms with E-state index < -0.39 is 0 Å². The van der Waals surface area contributed by atoms with Crippen molar-refractivity contribution in [2.24, 2.45) is 5.92 Å². The van der Waals surface area contributed by atoms with Crippen LogP contribution in [0.5, 0.6) is 11.5 Å². The van der Waals surface area contributed by atoms with Crippen molar-refractivity contribution in [3.05, 3.63) is 20.6 Å². The first-order valence-electron chi connectivity index (χ1n) is 8.33. The lowest BCUT2D eigenvalue weighted by Gasteiger charge is -2.39. The summed E-state index contributed by atoms with van der Waals surface area (Å²) < 4.78 is 7.03.